The average molecular weight is 548 g/mol. The van der Waals surface area contributed by atoms with Crippen LogP contribution in [0.1, 0.15) is 37.8 Å². The van der Waals surface area contributed by atoms with Crippen LogP contribution >= 0.6 is 11.8 Å². The lowest BCUT2D eigenvalue weighted by molar-refractivity contribution is -0.133. The molecular weight excluding hydrogens is 507 g/mol. The van der Waals surface area contributed by atoms with Crippen LogP contribution in [0.2, 0.25) is 0 Å². The number of alkyl halides is 3. The molecule has 208 valence electrons. The van der Waals surface area contributed by atoms with Crippen molar-refractivity contribution in [2.45, 2.75) is 50.4 Å². The van der Waals surface area contributed by atoms with Crippen LogP contribution < -0.4 is 4.90 Å². The third-order valence-electron chi connectivity index (χ3n) is 8.16. The number of anilines is 1. The number of benzene rings is 2. The summed E-state index contributed by atoms with van der Waals surface area (Å²) in [5, 5.41) is 0. The molecule has 0 saturated carbocycles. The molecule has 1 amide bonds. The molecule has 2 unspecified atom stereocenters. The minimum Gasteiger partial charge on any atom is -0.371 e. The van der Waals surface area contributed by atoms with Gasteiger partial charge in [0.25, 0.3) is 0 Å². The van der Waals surface area contributed by atoms with Crippen molar-refractivity contribution in [2.75, 3.05) is 50.7 Å². The second-order valence-electron chi connectivity index (χ2n) is 11.0. The van der Waals surface area contributed by atoms with Crippen molar-refractivity contribution in [1.82, 2.24) is 9.80 Å². The zero-order valence-corrected chi connectivity index (χ0v) is 22.2. The Morgan fingerprint density at radius 2 is 1.61 bits per heavy atom. The Morgan fingerprint density at radius 3 is 2.24 bits per heavy atom. The number of likely N-dealkylation sites (tertiary alicyclic amines) is 2. The topological polar surface area (TPSA) is 26.8 Å². The molecule has 3 saturated heterocycles. The number of fused-ring (bicyclic) bond motifs is 1. The van der Waals surface area contributed by atoms with E-state index < -0.39 is 5.51 Å². The number of carbonyl (C=O) groups excluding carboxylic acids is 1. The number of rotatable bonds is 7. The molecule has 0 bridgehead atoms. The number of piperidine rings is 1. The summed E-state index contributed by atoms with van der Waals surface area (Å²) in [5.41, 5.74) is -0.621. The highest BCUT2D eigenvalue weighted by atomic mass is 32.2. The number of hydrogen-bond acceptors (Lipinski definition) is 4. The minimum absolute atomic E-state index is 0. The van der Waals surface area contributed by atoms with Crippen LogP contribution in [0.3, 0.4) is 0 Å². The summed E-state index contributed by atoms with van der Waals surface area (Å²) in [4.78, 5) is 20.2. The first-order chi connectivity index (χ1) is 17.7. The Balaban J connectivity index is 0.00000336. The lowest BCUT2D eigenvalue weighted by Crippen LogP contribution is -2.41. The van der Waals surface area contributed by atoms with Gasteiger partial charge < -0.3 is 14.7 Å². The van der Waals surface area contributed by atoms with Gasteiger partial charge in [0.1, 0.15) is 0 Å². The van der Waals surface area contributed by atoms with Crippen molar-refractivity contribution < 1.29 is 18.0 Å². The maximum atomic E-state index is 13.0. The normalized spacial score (nSPS) is 23.8. The van der Waals surface area contributed by atoms with E-state index in [0.29, 0.717) is 24.2 Å². The van der Waals surface area contributed by atoms with E-state index in [2.05, 4.69) is 41.0 Å². The number of halogens is 3. The molecule has 2 aromatic carbocycles. The van der Waals surface area contributed by atoms with Gasteiger partial charge in [0, 0.05) is 62.8 Å². The molecule has 0 spiro atoms. The standard InChI is InChI=1S/C29H36F3N3OS.CH4/c1-21-4-8-26(9-5-21)35-19-24-17-33(18-25(24)20-35)14-12-28(36)34-13-2-3-23(16-34)15-22-6-10-27(11-7-22)37-29(30,31)32;/h4-11,23-25H,2-3,12-20H2,1H3;1H4/t23-,24?,25?;/m1./s1. The Kier molecular flexibility index (Phi) is 9.35. The van der Waals surface area contributed by atoms with Gasteiger partial charge in [-0.15, -0.1) is 0 Å². The van der Waals surface area contributed by atoms with Gasteiger partial charge in [-0.2, -0.15) is 13.2 Å². The van der Waals surface area contributed by atoms with Crippen LogP contribution in [-0.4, -0.2) is 67.0 Å². The summed E-state index contributed by atoms with van der Waals surface area (Å²) in [5.74, 6) is 1.95. The fraction of sp³-hybridized carbons (Fsp3) is 0.567. The van der Waals surface area contributed by atoms with Crippen molar-refractivity contribution in [3.05, 3.63) is 59.7 Å². The van der Waals surface area contributed by atoms with Gasteiger partial charge in [0.2, 0.25) is 5.91 Å². The number of carbonyl (C=O) groups is 1. The highest BCUT2D eigenvalue weighted by Crippen LogP contribution is 2.37. The van der Waals surface area contributed by atoms with E-state index >= 15 is 0 Å². The van der Waals surface area contributed by atoms with Gasteiger partial charge >= 0.3 is 5.51 Å². The van der Waals surface area contributed by atoms with Crippen molar-refractivity contribution in [2.24, 2.45) is 17.8 Å². The van der Waals surface area contributed by atoms with Crippen molar-refractivity contribution in [3.8, 4) is 0 Å². The van der Waals surface area contributed by atoms with Crippen molar-refractivity contribution in [3.63, 3.8) is 0 Å². The molecule has 0 aliphatic carbocycles. The second kappa shape index (κ2) is 12.3. The molecular formula is C30H40F3N3OS. The van der Waals surface area contributed by atoms with E-state index in [9.17, 15) is 18.0 Å². The van der Waals surface area contributed by atoms with E-state index in [1.807, 2.05) is 4.90 Å². The Hall–Kier alpha value is -2.19. The summed E-state index contributed by atoms with van der Waals surface area (Å²) >= 11 is -0.0789. The van der Waals surface area contributed by atoms with Gasteiger partial charge in [-0.25, -0.2) is 0 Å². The quantitative estimate of drug-likeness (QED) is 0.371. The number of aryl methyl sites for hydroxylation is 1. The van der Waals surface area contributed by atoms with Crippen LogP contribution in [0, 0.1) is 24.7 Å². The number of hydrogen-bond donors (Lipinski definition) is 0. The first kappa shape index (κ1) is 28.8. The van der Waals surface area contributed by atoms with Gasteiger partial charge in [-0.1, -0.05) is 37.3 Å². The molecule has 2 aromatic rings. The van der Waals surface area contributed by atoms with Crippen LogP contribution in [0.25, 0.3) is 0 Å². The maximum Gasteiger partial charge on any atom is 0.446 e. The molecule has 0 aromatic heterocycles. The van der Waals surface area contributed by atoms with Gasteiger partial charge in [0.05, 0.1) is 0 Å². The lowest BCUT2D eigenvalue weighted by atomic mass is 9.91. The van der Waals surface area contributed by atoms with Crippen molar-refractivity contribution in [1.29, 1.82) is 0 Å². The van der Waals surface area contributed by atoms with E-state index in [1.54, 1.807) is 24.3 Å². The molecule has 3 aliphatic rings. The van der Waals surface area contributed by atoms with E-state index in [0.717, 1.165) is 70.6 Å². The molecule has 8 heteroatoms. The third-order valence-corrected chi connectivity index (χ3v) is 8.90. The van der Waals surface area contributed by atoms with Gasteiger partial charge in [0.15, 0.2) is 0 Å². The van der Waals surface area contributed by atoms with Gasteiger partial charge in [-0.05, 0) is 85.5 Å². The Morgan fingerprint density at radius 1 is 0.947 bits per heavy atom. The first-order valence-corrected chi connectivity index (χ1v) is 14.2. The summed E-state index contributed by atoms with van der Waals surface area (Å²) in [6, 6.07) is 15.5. The summed E-state index contributed by atoms with van der Waals surface area (Å²) < 4.78 is 37.7. The van der Waals surface area contributed by atoms with Crippen LogP contribution in [0.5, 0.6) is 0 Å². The van der Waals surface area contributed by atoms with Gasteiger partial charge in [-0.3, -0.25) is 4.79 Å². The lowest BCUT2D eigenvalue weighted by Gasteiger charge is -2.33. The zero-order chi connectivity index (χ0) is 26.0. The molecule has 3 fully saturated rings. The Bertz CT molecular complexity index is 1050. The summed E-state index contributed by atoms with van der Waals surface area (Å²) in [6.45, 7) is 8.85. The van der Waals surface area contributed by atoms with Crippen molar-refractivity contribution >= 4 is 23.4 Å². The highest BCUT2D eigenvalue weighted by molar-refractivity contribution is 8.00. The first-order valence-electron chi connectivity index (χ1n) is 13.4. The molecule has 3 atom stereocenters. The zero-order valence-electron chi connectivity index (χ0n) is 21.4. The smallest absolute Gasteiger partial charge is 0.371 e. The molecule has 3 aliphatic heterocycles. The van der Waals surface area contributed by atoms with E-state index in [1.165, 1.54) is 11.3 Å². The molecule has 5 rings (SSSR count). The monoisotopic (exact) mass is 547 g/mol. The van der Waals surface area contributed by atoms with E-state index in [-0.39, 0.29) is 30.0 Å². The molecule has 3 heterocycles. The number of thioether (sulfide) groups is 1. The maximum absolute atomic E-state index is 13.0. The largest absolute Gasteiger partial charge is 0.446 e. The molecule has 4 nitrogen and oxygen atoms in total. The molecule has 0 N–H and O–H groups in total. The second-order valence-corrected chi connectivity index (χ2v) is 12.2. The average Bonchev–Trinajstić information content (AvgIpc) is 3.43. The predicted molar refractivity (Wildman–Crippen MR) is 150 cm³/mol. The molecule has 38 heavy (non-hydrogen) atoms. The van der Waals surface area contributed by atoms with Crippen LogP contribution in [-0.2, 0) is 11.2 Å². The highest BCUT2D eigenvalue weighted by Gasteiger charge is 2.40. The van der Waals surface area contributed by atoms with Crippen LogP contribution in [0.4, 0.5) is 18.9 Å². The predicted octanol–water partition coefficient (Wildman–Crippen LogP) is 6.48. The van der Waals surface area contributed by atoms with E-state index in [4.69, 9.17) is 0 Å². The fourth-order valence-electron chi connectivity index (χ4n) is 6.27. The minimum atomic E-state index is -4.26. The number of amides is 1. The fourth-order valence-corrected chi connectivity index (χ4v) is 6.81. The number of nitrogens with zero attached hydrogens (tertiary/aromatic N) is 3. The Labute approximate surface area is 229 Å². The van der Waals surface area contributed by atoms with Crippen LogP contribution in [0.15, 0.2) is 53.4 Å². The molecule has 0 radical (unpaired) electrons. The third kappa shape index (κ3) is 7.47. The summed E-state index contributed by atoms with van der Waals surface area (Å²) in [6.07, 6.45) is 3.40. The summed E-state index contributed by atoms with van der Waals surface area (Å²) in [7, 11) is 0. The SMILES string of the molecule is C.Cc1ccc(N2CC3CN(CCC(=O)N4CCC[C@H](Cc5ccc(SC(F)(F)F)cc5)C4)CC3C2)cc1.